The van der Waals surface area contributed by atoms with Crippen molar-refractivity contribution in [1.82, 2.24) is 14.8 Å². The van der Waals surface area contributed by atoms with Crippen LogP contribution in [-0.4, -0.2) is 46.9 Å². The lowest BCUT2D eigenvalue weighted by atomic mass is 10.2. The first kappa shape index (κ1) is 18.4. The number of aryl methyl sites for hydroxylation is 1. The minimum absolute atomic E-state index is 0.233. The number of hydrogen-bond acceptors (Lipinski definition) is 4. The zero-order valence-corrected chi connectivity index (χ0v) is 16.7. The third-order valence-electron chi connectivity index (χ3n) is 4.91. The molecule has 1 amide bonds. The molecular weight excluding hydrogens is 378 g/mol. The molecule has 0 spiro atoms. The molecule has 1 saturated heterocycles. The van der Waals surface area contributed by atoms with Gasteiger partial charge in [0.2, 0.25) is 5.91 Å². The van der Waals surface area contributed by atoms with Crippen LogP contribution in [0.4, 0.5) is 0 Å². The van der Waals surface area contributed by atoms with Gasteiger partial charge < -0.3 is 4.90 Å². The molecule has 0 radical (unpaired) electrons. The summed E-state index contributed by atoms with van der Waals surface area (Å²) in [5.74, 6) is 0.233. The highest BCUT2D eigenvalue weighted by Gasteiger charge is 2.21. The molecule has 1 aromatic heterocycles. The standard InChI is InChI=1S/C21H22ClN3OS/c22-17-5-3-4-16(14-17)15-24-10-12-25(13-11-24)21(26)9-8-20-23-18-6-1-2-7-19(18)27-20/h1-7,14H,8-13,15H2. The number of nitrogens with zero attached hydrogens (tertiary/aromatic N) is 3. The molecule has 1 aliphatic rings. The zero-order valence-electron chi connectivity index (χ0n) is 15.1. The van der Waals surface area contributed by atoms with Crippen LogP contribution in [0.15, 0.2) is 48.5 Å². The van der Waals surface area contributed by atoms with Crippen LogP contribution in [0, 0.1) is 0 Å². The van der Waals surface area contributed by atoms with Gasteiger partial charge in [-0.15, -0.1) is 11.3 Å². The molecule has 2 aromatic carbocycles. The molecule has 4 rings (SSSR count). The number of piperazine rings is 1. The molecule has 1 fully saturated rings. The van der Waals surface area contributed by atoms with Crippen molar-refractivity contribution in [1.29, 1.82) is 0 Å². The Morgan fingerprint density at radius 1 is 1.07 bits per heavy atom. The van der Waals surface area contributed by atoms with E-state index in [0.29, 0.717) is 6.42 Å². The van der Waals surface area contributed by atoms with Crippen LogP contribution in [0.25, 0.3) is 10.2 Å². The summed E-state index contributed by atoms with van der Waals surface area (Å²) < 4.78 is 1.19. The number of carbonyl (C=O) groups excluding carboxylic acids is 1. The second kappa shape index (κ2) is 8.38. The van der Waals surface area contributed by atoms with Crippen LogP contribution < -0.4 is 0 Å². The van der Waals surface area contributed by atoms with E-state index in [1.54, 1.807) is 11.3 Å². The molecule has 0 atom stereocenters. The quantitative estimate of drug-likeness (QED) is 0.644. The van der Waals surface area contributed by atoms with Crippen LogP contribution in [0.1, 0.15) is 17.0 Å². The molecule has 0 unspecified atom stereocenters. The topological polar surface area (TPSA) is 36.4 Å². The van der Waals surface area contributed by atoms with E-state index in [-0.39, 0.29) is 5.91 Å². The third-order valence-corrected chi connectivity index (χ3v) is 6.24. The molecule has 0 N–H and O–H groups in total. The summed E-state index contributed by atoms with van der Waals surface area (Å²) >= 11 is 7.75. The molecule has 4 nitrogen and oxygen atoms in total. The predicted octanol–water partition coefficient (Wildman–Crippen LogP) is 4.23. The van der Waals surface area contributed by atoms with Gasteiger partial charge in [0, 0.05) is 50.6 Å². The van der Waals surface area contributed by atoms with Crippen LogP contribution in [-0.2, 0) is 17.8 Å². The lowest BCUT2D eigenvalue weighted by molar-refractivity contribution is -0.133. The summed E-state index contributed by atoms with van der Waals surface area (Å²) in [6.07, 6.45) is 1.26. The van der Waals surface area contributed by atoms with Gasteiger partial charge >= 0.3 is 0 Å². The number of aromatic nitrogens is 1. The number of rotatable bonds is 5. The average Bonchev–Trinajstić information content (AvgIpc) is 3.10. The molecule has 3 aromatic rings. The molecule has 0 saturated carbocycles. The number of fused-ring (bicyclic) bond motifs is 1. The van der Waals surface area contributed by atoms with E-state index >= 15 is 0 Å². The normalized spacial score (nSPS) is 15.4. The van der Waals surface area contributed by atoms with Gasteiger partial charge in [-0.2, -0.15) is 0 Å². The van der Waals surface area contributed by atoms with Crippen molar-refractivity contribution in [2.24, 2.45) is 0 Å². The van der Waals surface area contributed by atoms with E-state index < -0.39 is 0 Å². The number of benzene rings is 2. The first-order valence-electron chi connectivity index (χ1n) is 9.26. The zero-order chi connectivity index (χ0) is 18.6. The fraction of sp³-hybridized carbons (Fsp3) is 0.333. The maximum absolute atomic E-state index is 12.6. The van der Waals surface area contributed by atoms with Crippen molar-refractivity contribution in [2.75, 3.05) is 26.2 Å². The molecule has 0 bridgehead atoms. The number of carbonyl (C=O) groups is 1. The van der Waals surface area contributed by atoms with Gasteiger partial charge in [-0.05, 0) is 29.8 Å². The SMILES string of the molecule is O=C(CCc1nc2ccccc2s1)N1CCN(Cc2cccc(Cl)c2)CC1. The number of para-hydroxylation sites is 1. The Kier molecular flexibility index (Phi) is 5.72. The maximum atomic E-state index is 12.6. The van der Waals surface area contributed by atoms with E-state index in [2.05, 4.69) is 22.0 Å². The van der Waals surface area contributed by atoms with Crippen LogP contribution in [0.2, 0.25) is 5.02 Å². The third kappa shape index (κ3) is 4.67. The summed E-state index contributed by atoms with van der Waals surface area (Å²) in [5, 5.41) is 1.82. The Balaban J connectivity index is 1.25. The summed E-state index contributed by atoms with van der Waals surface area (Å²) in [4.78, 5) is 21.6. The van der Waals surface area contributed by atoms with E-state index in [4.69, 9.17) is 11.6 Å². The highest BCUT2D eigenvalue weighted by atomic mass is 35.5. The Labute approximate surface area is 168 Å². The monoisotopic (exact) mass is 399 g/mol. The van der Waals surface area contributed by atoms with Crippen LogP contribution in [0.5, 0.6) is 0 Å². The van der Waals surface area contributed by atoms with Gasteiger partial charge in [0.1, 0.15) is 0 Å². The molecule has 140 valence electrons. The van der Waals surface area contributed by atoms with Crippen molar-refractivity contribution in [2.45, 2.75) is 19.4 Å². The van der Waals surface area contributed by atoms with Gasteiger partial charge in [-0.1, -0.05) is 35.9 Å². The molecule has 2 heterocycles. The molecule has 6 heteroatoms. The van der Waals surface area contributed by atoms with Gasteiger partial charge in [-0.3, -0.25) is 9.69 Å². The van der Waals surface area contributed by atoms with E-state index in [1.165, 1.54) is 10.3 Å². The second-order valence-electron chi connectivity index (χ2n) is 6.86. The summed E-state index contributed by atoms with van der Waals surface area (Å²) in [6, 6.07) is 16.1. The molecular formula is C21H22ClN3OS. The minimum atomic E-state index is 0.233. The Hall–Kier alpha value is -1.95. The van der Waals surface area contributed by atoms with Crippen molar-refractivity contribution in [3.8, 4) is 0 Å². The Morgan fingerprint density at radius 3 is 2.67 bits per heavy atom. The largest absolute Gasteiger partial charge is 0.340 e. The van der Waals surface area contributed by atoms with Gasteiger partial charge in [0.05, 0.1) is 15.2 Å². The van der Waals surface area contributed by atoms with Gasteiger partial charge in [0.15, 0.2) is 0 Å². The molecule has 0 aliphatic carbocycles. The van der Waals surface area contributed by atoms with Gasteiger partial charge in [0.25, 0.3) is 0 Å². The number of hydrogen-bond donors (Lipinski definition) is 0. The fourth-order valence-electron chi connectivity index (χ4n) is 3.45. The first-order chi connectivity index (χ1) is 13.2. The lowest BCUT2D eigenvalue weighted by Crippen LogP contribution is -2.48. The van der Waals surface area contributed by atoms with Crippen LogP contribution >= 0.6 is 22.9 Å². The average molecular weight is 400 g/mol. The molecule has 27 heavy (non-hydrogen) atoms. The number of thiazole rings is 1. The van der Waals surface area contributed by atoms with E-state index in [1.807, 2.05) is 41.3 Å². The highest BCUT2D eigenvalue weighted by Crippen LogP contribution is 2.22. The predicted molar refractivity (Wildman–Crippen MR) is 111 cm³/mol. The summed E-state index contributed by atoms with van der Waals surface area (Å²) in [5.41, 5.74) is 2.25. The second-order valence-corrected chi connectivity index (χ2v) is 8.41. The molecule has 1 aliphatic heterocycles. The van der Waals surface area contributed by atoms with Crippen molar-refractivity contribution >= 4 is 39.1 Å². The van der Waals surface area contributed by atoms with Crippen molar-refractivity contribution < 1.29 is 4.79 Å². The van der Waals surface area contributed by atoms with E-state index in [9.17, 15) is 4.79 Å². The Bertz CT molecular complexity index is 901. The van der Waals surface area contributed by atoms with Crippen LogP contribution in [0.3, 0.4) is 0 Å². The van der Waals surface area contributed by atoms with Crippen molar-refractivity contribution in [3.05, 3.63) is 64.1 Å². The number of amides is 1. The minimum Gasteiger partial charge on any atom is -0.340 e. The first-order valence-corrected chi connectivity index (χ1v) is 10.5. The lowest BCUT2D eigenvalue weighted by Gasteiger charge is -2.34. The Morgan fingerprint density at radius 2 is 1.89 bits per heavy atom. The fourth-order valence-corrected chi connectivity index (χ4v) is 4.63. The maximum Gasteiger partial charge on any atom is 0.223 e. The summed E-state index contributed by atoms with van der Waals surface area (Å²) in [7, 11) is 0. The van der Waals surface area contributed by atoms with Gasteiger partial charge in [-0.25, -0.2) is 4.98 Å². The smallest absolute Gasteiger partial charge is 0.223 e. The highest BCUT2D eigenvalue weighted by molar-refractivity contribution is 7.18. The van der Waals surface area contributed by atoms with Crippen molar-refractivity contribution in [3.63, 3.8) is 0 Å². The summed E-state index contributed by atoms with van der Waals surface area (Å²) in [6.45, 7) is 4.27. The van der Waals surface area contributed by atoms with E-state index in [0.717, 1.165) is 54.7 Å². The number of halogens is 1.